The van der Waals surface area contributed by atoms with Gasteiger partial charge in [0.2, 0.25) is 5.91 Å². The van der Waals surface area contributed by atoms with E-state index in [0.29, 0.717) is 11.4 Å². The first-order chi connectivity index (χ1) is 13.1. The van der Waals surface area contributed by atoms with Gasteiger partial charge in [-0.1, -0.05) is 54.1 Å². The largest absolute Gasteiger partial charge is 0.341 e. The molecule has 2 aliphatic rings. The fourth-order valence-corrected chi connectivity index (χ4v) is 4.85. The Kier molecular flexibility index (Phi) is 5.51. The minimum absolute atomic E-state index is 0.156. The number of hydrogen-bond donors (Lipinski definition) is 0. The van der Waals surface area contributed by atoms with Gasteiger partial charge in [0.15, 0.2) is 0 Å². The first-order valence-corrected chi connectivity index (χ1v) is 10.3. The van der Waals surface area contributed by atoms with Crippen LogP contribution in [0.1, 0.15) is 36.8 Å². The minimum Gasteiger partial charge on any atom is -0.341 e. The van der Waals surface area contributed by atoms with Crippen LogP contribution in [0, 0.1) is 0 Å². The van der Waals surface area contributed by atoms with Gasteiger partial charge in [-0.05, 0) is 55.5 Å². The molecule has 2 heterocycles. The number of carbonyl (C=O) groups is 1. The molecule has 4 rings (SSSR count). The second-order valence-electron chi connectivity index (χ2n) is 7.96. The molecular formula is C23H27ClN2O. The third-order valence-electron chi connectivity index (χ3n) is 6.13. The number of hydrogen-bond acceptors (Lipinski definition) is 2. The number of benzene rings is 2. The van der Waals surface area contributed by atoms with E-state index in [9.17, 15) is 4.79 Å². The highest BCUT2D eigenvalue weighted by Crippen LogP contribution is 2.38. The summed E-state index contributed by atoms with van der Waals surface area (Å²) in [6.45, 7) is 3.87. The Bertz CT molecular complexity index is 777. The molecule has 0 bridgehead atoms. The molecule has 1 atom stereocenters. The van der Waals surface area contributed by atoms with Crippen molar-refractivity contribution in [3.63, 3.8) is 0 Å². The smallest absolute Gasteiger partial charge is 0.227 e. The summed E-state index contributed by atoms with van der Waals surface area (Å²) in [5, 5.41) is 0.714. The van der Waals surface area contributed by atoms with Crippen LogP contribution in [-0.2, 0) is 17.8 Å². The highest BCUT2D eigenvalue weighted by Gasteiger charge is 2.44. The average molecular weight is 383 g/mol. The molecule has 2 saturated heterocycles. The Labute approximate surface area is 166 Å². The summed E-state index contributed by atoms with van der Waals surface area (Å²) in [5.74, 6) is 0.239. The summed E-state index contributed by atoms with van der Waals surface area (Å²) in [6.07, 6.45) is 5.19. The van der Waals surface area contributed by atoms with E-state index in [1.807, 2.05) is 24.3 Å². The van der Waals surface area contributed by atoms with E-state index in [1.54, 1.807) is 0 Å². The zero-order valence-electron chi connectivity index (χ0n) is 15.7. The second-order valence-corrected chi connectivity index (χ2v) is 8.39. The highest BCUT2D eigenvalue weighted by atomic mass is 35.5. The van der Waals surface area contributed by atoms with E-state index >= 15 is 0 Å². The quantitative estimate of drug-likeness (QED) is 0.775. The molecule has 0 aromatic heterocycles. The van der Waals surface area contributed by atoms with Crippen molar-refractivity contribution in [1.29, 1.82) is 0 Å². The molecule has 2 aromatic carbocycles. The van der Waals surface area contributed by atoms with Crippen molar-refractivity contribution in [3.8, 4) is 0 Å². The van der Waals surface area contributed by atoms with Crippen LogP contribution in [0.25, 0.3) is 0 Å². The van der Waals surface area contributed by atoms with Crippen LogP contribution in [0.4, 0.5) is 0 Å². The van der Waals surface area contributed by atoms with Gasteiger partial charge in [-0.3, -0.25) is 9.69 Å². The van der Waals surface area contributed by atoms with Crippen molar-refractivity contribution in [3.05, 3.63) is 70.7 Å². The van der Waals surface area contributed by atoms with Crippen LogP contribution in [0.2, 0.25) is 5.02 Å². The van der Waals surface area contributed by atoms with Gasteiger partial charge in [-0.15, -0.1) is 0 Å². The fourth-order valence-electron chi connectivity index (χ4n) is 4.72. The lowest BCUT2D eigenvalue weighted by Crippen LogP contribution is -2.56. The van der Waals surface area contributed by atoms with Crippen molar-refractivity contribution in [2.75, 3.05) is 19.6 Å². The average Bonchev–Trinajstić information content (AvgIpc) is 3.05. The van der Waals surface area contributed by atoms with Crippen molar-refractivity contribution < 1.29 is 4.79 Å². The Morgan fingerprint density at radius 3 is 2.37 bits per heavy atom. The first-order valence-electron chi connectivity index (χ1n) is 9.96. The van der Waals surface area contributed by atoms with Gasteiger partial charge >= 0.3 is 0 Å². The Morgan fingerprint density at radius 2 is 1.63 bits per heavy atom. The van der Waals surface area contributed by atoms with Gasteiger partial charge in [-0.25, -0.2) is 0 Å². The maximum Gasteiger partial charge on any atom is 0.227 e. The SMILES string of the molecule is O=C(Cc1ccc(Cl)cc1)N1CCCC2(CCCN2Cc2ccccc2)C1. The van der Waals surface area contributed by atoms with Gasteiger partial charge in [0, 0.05) is 30.2 Å². The maximum absolute atomic E-state index is 12.9. The molecule has 2 aromatic rings. The molecular weight excluding hydrogens is 356 g/mol. The first kappa shape index (κ1) is 18.5. The van der Waals surface area contributed by atoms with Crippen LogP contribution in [0.5, 0.6) is 0 Å². The number of likely N-dealkylation sites (tertiary alicyclic amines) is 2. The van der Waals surface area contributed by atoms with Gasteiger partial charge in [0.05, 0.1) is 6.42 Å². The van der Waals surface area contributed by atoms with Gasteiger partial charge < -0.3 is 4.90 Å². The fraction of sp³-hybridized carbons (Fsp3) is 0.435. The Hall–Kier alpha value is -1.84. The number of piperidine rings is 1. The monoisotopic (exact) mass is 382 g/mol. The molecule has 1 amide bonds. The summed E-state index contributed by atoms with van der Waals surface area (Å²) in [6, 6.07) is 18.3. The summed E-state index contributed by atoms with van der Waals surface area (Å²) in [5.41, 5.74) is 2.56. The number of carbonyl (C=O) groups excluding carboxylic acids is 1. The Balaban J connectivity index is 1.44. The summed E-state index contributed by atoms with van der Waals surface area (Å²) >= 11 is 5.96. The summed E-state index contributed by atoms with van der Waals surface area (Å²) in [4.78, 5) is 17.7. The maximum atomic E-state index is 12.9. The molecule has 0 radical (unpaired) electrons. The zero-order chi connectivity index (χ0) is 18.7. The Morgan fingerprint density at radius 1 is 0.926 bits per heavy atom. The van der Waals surface area contributed by atoms with E-state index in [-0.39, 0.29) is 11.4 Å². The van der Waals surface area contributed by atoms with Crippen molar-refractivity contribution in [1.82, 2.24) is 9.80 Å². The normalized spacial score (nSPS) is 23.1. The summed E-state index contributed by atoms with van der Waals surface area (Å²) < 4.78 is 0. The third kappa shape index (κ3) is 4.20. The van der Waals surface area contributed by atoms with E-state index in [4.69, 9.17) is 11.6 Å². The van der Waals surface area contributed by atoms with E-state index in [2.05, 4.69) is 40.1 Å². The molecule has 1 spiro atoms. The minimum atomic E-state index is 0.156. The van der Waals surface area contributed by atoms with Crippen LogP contribution in [-0.4, -0.2) is 40.9 Å². The van der Waals surface area contributed by atoms with Crippen LogP contribution in [0.15, 0.2) is 54.6 Å². The lowest BCUT2D eigenvalue weighted by molar-refractivity contribution is -0.134. The van der Waals surface area contributed by atoms with Crippen LogP contribution in [0.3, 0.4) is 0 Å². The van der Waals surface area contributed by atoms with Crippen molar-refractivity contribution in [2.24, 2.45) is 0 Å². The molecule has 142 valence electrons. The molecule has 0 N–H and O–H groups in total. The molecule has 27 heavy (non-hydrogen) atoms. The number of nitrogens with zero attached hydrogens (tertiary/aromatic N) is 2. The van der Waals surface area contributed by atoms with Crippen LogP contribution >= 0.6 is 11.6 Å². The molecule has 2 fully saturated rings. The van der Waals surface area contributed by atoms with Gasteiger partial charge in [0.1, 0.15) is 0 Å². The molecule has 0 saturated carbocycles. The number of halogens is 1. The zero-order valence-corrected chi connectivity index (χ0v) is 16.5. The number of amides is 1. The molecule has 4 heteroatoms. The van der Waals surface area contributed by atoms with E-state index in [0.717, 1.165) is 38.2 Å². The predicted octanol–water partition coefficient (Wildman–Crippen LogP) is 4.54. The van der Waals surface area contributed by atoms with E-state index < -0.39 is 0 Å². The highest BCUT2D eigenvalue weighted by molar-refractivity contribution is 6.30. The molecule has 0 aliphatic carbocycles. The lowest BCUT2D eigenvalue weighted by Gasteiger charge is -2.46. The lowest BCUT2D eigenvalue weighted by atomic mass is 9.86. The molecule has 2 aliphatic heterocycles. The predicted molar refractivity (Wildman–Crippen MR) is 110 cm³/mol. The third-order valence-corrected chi connectivity index (χ3v) is 6.39. The van der Waals surface area contributed by atoms with Crippen molar-refractivity contribution in [2.45, 2.75) is 44.2 Å². The van der Waals surface area contributed by atoms with E-state index in [1.165, 1.54) is 24.8 Å². The van der Waals surface area contributed by atoms with Crippen LogP contribution < -0.4 is 0 Å². The molecule has 1 unspecified atom stereocenters. The number of rotatable bonds is 4. The van der Waals surface area contributed by atoms with Crippen molar-refractivity contribution >= 4 is 17.5 Å². The summed E-state index contributed by atoms with van der Waals surface area (Å²) in [7, 11) is 0. The molecule has 3 nitrogen and oxygen atoms in total. The van der Waals surface area contributed by atoms with Gasteiger partial charge in [-0.2, -0.15) is 0 Å². The van der Waals surface area contributed by atoms with Gasteiger partial charge in [0.25, 0.3) is 0 Å². The standard InChI is InChI=1S/C23H27ClN2O/c24-21-10-8-19(9-11-21)16-22(27)25-14-4-12-23(18-25)13-5-15-26(23)17-20-6-2-1-3-7-20/h1-3,6-11H,4-5,12-18H2. The topological polar surface area (TPSA) is 23.6 Å². The second kappa shape index (κ2) is 8.04.